The zero-order valence-corrected chi connectivity index (χ0v) is 36.6. The first-order valence-electron chi connectivity index (χ1n) is 21.6. The summed E-state index contributed by atoms with van der Waals surface area (Å²) in [5, 5.41) is 35.9. The summed E-state index contributed by atoms with van der Waals surface area (Å²) in [6.45, 7) is 1.95. The van der Waals surface area contributed by atoms with E-state index < -0.39 is 57.9 Å². The molecule has 358 valence electrons. The maximum absolute atomic E-state index is 13.3. The number of nitrogens with zero attached hydrogens (tertiary/aromatic N) is 4. The second kappa shape index (κ2) is 27.1. The van der Waals surface area contributed by atoms with Gasteiger partial charge in [0.05, 0.1) is 12.1 Å². The zero-order chi connectivity index (χ0) is 47.8. The number of guanidine groups is 2. The molecule has 0 fully saturated rings. The molecule has 2 aromatic heterocycles. The predicted molar refractivity (Wildman–Crippen MR) is 248 cm³/mol. The number of aliphatic imine (C=N–C) groups is 2. The zero-order valence-electron chi connectivity index (χ0n) is 36.6. The average molecular weight is 920 g/mol. The third-order valence-electron chi connectivity index (χ3n) is 10.4. The highest BCUT2D eigenvalue weighted by Crippen LogP contribution is 2.20. The van der Waals surface area contributed by atoms with Crippen LogP contribution in [0.25, 0.3) is 21.8 Å². The molecule has 17 N–H and O–H groups in total. The second-order valence-electron chi connectivity index (χ2n) is 15.4. The topological polar surface area (TPSA) is 399 Å². The standard InChI is InChI=1S/C41H61N17O8/c42-30(22-26-24-51-32-12-3-1-10-28(26)32)36(59)53-34(14-7-19-49-40(44)55-57(63)64)38(61)47-18-6-5-16-46-17-9-21-48-39(62)35(15-8-20-50-41(45)56-58(65)66)54-37(60)31(43)23-27-25-52-33-13-4-2-11-29(27)33/h1-4,10-13,24-25,30-31,34-35,46,51-52H,5-9,14-23,42-43H2,(H,47,61)(H,48,62)(H,53,59)(H,54,60)(H3,44,49,55)(H3,45,50,56)/t30-,31-,34-,35-/m1/s1. The van der Waals surface area contributed by atoms with Crippen molar-refractivity contribution in [2.24, 2.45) is 32.9 Å². The van der Waals surface area contributed by atoms with E-state index in [1.165, 1.54) is 0 Å². The smallest absolute Gasteiger partial charge is 0.251 e. The molecule has 0 aliphatic rings. The number of carbonyl (C=O) groups excluding carboxylic acids is 4. The van der Waals surface area contributed by atoms with E-state index in [-0.39, 0.29) is 63.5 Å². The van der Waals surface area contributed by atoms with Gasteiger partial charge in [-0.05, 0) is 94.1 Å². The fourth-order valence-electron chi connectivity index (χ4n) is 6.99. The number of hydrazine groups is 2. The number of nitro groups is 2. The number of carbonyl (C=O) groups is 4. The van der Waals surface area contributed by atoms with Crippen molar-refractivity contribution >= 4 is 57.4 Å². The molecule has 2 aromatic carbocycles. The SMILES string of the molecule is NC(=NCCC[C@@H](NC(=O)[C@H](N)Cc1c[nH]c2ccccc12)C(=O)NCCCCNCCCNC(=O)[C@@H](CCCN=C(N)N[N+](=O)[O-])NC(=O)[C@H](N)Cc1c[nH]c2ccccc12)N[N+](=O)[O-]. The highest BCUT2D eigenvalue weighted by Gasteiger charge is 2.26. The Hall–Kier alpha value is -7.38. The van der Waals surface area contributed by atoms with Crippen LogP contribution in [0.4, 0.5) is 0 Å². The van der Waals surface area contributed by atoms with Crippen molar-refractivity contribution in [3.63, 3.8) is 0 Å². The lowest BCUT2D eigenvalue weighted by Crippen LogP contribution is -2.52. The number of para-hydroxylation sites is 2. The van der Waals surface area contributed by atoms with Crippen molar-refractivity contribution in [1.29, 1.82) is 0 Å². The molecule has 0 aliphatic heterocycles. The minimum absolute atomic E-state index is 0.0687. The highest BCUT2D eigenvalue weighted by atomic mass is 16.7. The lowest BCUT2D eigenvalue weighted by Gasteiger charge is -2.21. The summed E-state index contributed by atoms with van der Waals surface area (Å²) in [5.41, 5.74) is 30.6. The largest absolute Gasteiger partial charge is 0.365 e. The summed E-state index contributed by atoms with van der Waals surface area (Å²) in [6.07, 6.45) is 6.86. The number of unbranched alkanes of at least 4 members (excludes halogenated alkanes) is 1. The lowest BCUT2D eigenvalue weighted by atomic mass is 10.0. The van der Waals surface area contributed by atoms with Gasteiger partial charge in [0.1, 0.15) is 12.1 Å². The number of rotatable bonds is 29. The minimum Gasteiger partial charge on any atom is -0.365 e. The van der Waals surface area contributed by atoms with Crippen LogP contribution in [0.2, 0.25) is 0 Å². The van der Waals surface area contributed by atoms with Crippen LogP contribution in [0.5, 0.6) is 0 Å². The molecule has 0 unspecified atom stereocenters. The van der Waals surface area contributed by atoms with E-state index in [2.05, 4.69) is 46.5 Å². The van der Waals surface area contributed by atoms with Crippen molar-refractivity contribution < 1.29 is 29.2 Å². The Morgan fingerprint density at radius 1 is 0.591 bits per heavy atom. The number of hydrogen-bond acceptors (Lipinski definition) is 13. The summed E-state index contributed by atoms with van der Waals surface area (Å²) in [4.78, 5) is 88.2. The molecular weight excluding hydrogens is 859 g/mol. The number of nitrogens with one attached hydrogen (secondary N) is 9. The number of benzene rings is 2. The maximum Gasteiger partial charge on any atom is 0.251 e. The summed E-state index contributed by atoms with van der Waals surface area (Å²) in [7, 11) is 0. The molecule has 4 amide bonds. The predicted octanol–water partition coefficient (Wildman–Crippen LogP) is -1.20. The van der Waals surface area contributed by atoms with E-state index in [0.29, 0.717) is 45.4 Å². The number of hydrogen-bond donors (Lipinski definition) is 13. The van der Waals surface area contributed by atoms with Gasteiger partial charge >= 0.3 is 0 Å². The Bertz CT molecular complexity index is 2140. The van der Waals surface area contributed by atoms with Crippen molar-refractivity contribution in [2.45, 2.75) is 82.0 Å². The van der Waals surface area contributed by atoms with Crippen molar-refractivity contribution in [2.75, 3.05) is 39.3 Å². The van der Waals surface area contributed by atoms with Gasteiger partial charge in [-0.1, -0.05) is 47.2 Å². The first-order valence-corrected chi connectivity index (χ1v) is 21.6. The first-order chi connectivity index (χ1) is 31.7. The number of H-pyrrole nitrogens is 2. The molecule has 25 heteroatoms. The van der Waals surface area contributed by atoms with Gasteiger partial charge in [-0.15, -0.1) is 0 Å². The monoisotopic (exact) mass is 919 g/mol. The highest BCUT2D eigenvalue weighted by molar-refractivity contribution is 5.92. The number of aromatic nitrogens is 2. The third kappa shape index (κ3) is 17.6. The van der Waals surface area contributed by atoms with Crippen molar-refractivity contribution in [3.8, 4) is 0 Å². The molecule has 25 nitrogen and oxygen atoms in total. The summed E-state index contributed by atoms with van der Waals surface area (Å²) in [6, 6.07) is 11.5. The summed E-state index contributed by atoms with van der Waals surface area (Å²) >= 11 is 0. The molecular formula is C41H61N17O8. The van der Waals surface area contributed by atoms with Crippen LogP contribution < -0.4 is 60.4 Å². The van der Waals surface area contributed by atoms with E-state index >= 15 is 0 Å². The number of amides is 4. The normalized spacial score (nSPS) is 13.6. The quantitative estimate of drug-likeness (QED) is 0.0100. The van der Waals surface area contributed by atoms with Crippen molar-refractivity contribution in [1.82, 2.24) is 47.4 Å². The average Bonchev–Trinajstić information content (AvgIpc) is 3.89. The Balaban J connectivity index is 1.18. The van der Waals surface area contributed by atoms with E-state index in [4.69, 9.17) is 22.9 Å². The van der Waals surface area contributed by atoms with Gasteiger partial charge in [-0.2, -0.15) is 0 Å². The molecule has 0 saturated heterocycles. The van der Waals surface area contributed by atoms with E-state index in [0.717, 1.165) is 32.9 Å². The molecule has 0 aliphatic carbocycles. The molecule has 4 rings (SSSR count). The van der Waals surface area contributed by atoms with Gasteiger partial charge in [0, 0.05) is 60.4 Å². The third-order valence-corrected chi connectivity index (χ3v) is 10.4. The molecule has 2 heterocycles. The second-order valence-corrected chi connectivity index (χ2v) is 15.4. The van der Waals surface area contributed by atoms with Crippen LogP contribution >= 0.6 is 0 Å². The Morgan fingerprint density at radius 3 is 1.45 bits per heavy atom. The van der Waals surface area contributed by atoms with E-state index in [1.807, 2.05) is 48.5 Å². The Morgan fingerprint density at radius 2 is 1.00 bits per heavy atom. The van der Waals surface area contributed by atoms with Crippen LogP contribution in [-0.4, -0.2) is 119 Å². The molecule has 4 atom stereocenters. The molecule has 0 saturated carbocycles. The molecule has 0 radical (unpaired) electrons. The molecule has 4 aromatic rings. The van der Waals surface area contributed by atoms with Gasteiger partial charge in [-0.25, -0.2) is 30.2 Å². The van der Waals surface area contributed by atoms with E-state index in [9.17, 15) is 39.4 Å². The Kier molecular flexibility index (Phi) is 21.0. The molecule has 0 spiro atoms. The van der Waals surface area contributed by atoms with Crippen LogP contribution in [0.3, 0.4) is 0 Å². The summed E-state index contributed by atoms with van der Waals surface area (Å²) < 4.78 is 0. The lowest BCUT2D eigenvalue weighted by molar-refractivity contribution is -0.525. The molecule has 0 bridgehead atoms. The fraction of sp³-hybridized carbons (Fsp3) is 0.463. The summed E-state index contributed by atoms with van der Waals surface area (Å²) in [5.74, 6) is -2.63. The van der Waals surface area contributed by atoms with E-state index in [1.54, 1.807) is 23.2 Å². The van der Waals surface area contributed by atoms with Crippen LogP contribution in [0, 0.1) is 20.2 Å². The van der Waals surface area contributed by atoms with Crippen LogP contribution in [0.15, 0.2) is 70.9 Å². The van der Waals surface area contributed by atoms with Gasteiger partial charge in [0.15, 0.2) is 10.1 Å². The first kappa shape index (κ1) is 51.3. The van der Waals surface area contributed by atoms with Crippen LogP contribution in [0.1, 0.15) is 56.1 Å². The Labute approximate surface area is 379 Å². The van der Waals surface area contributed by atoms with Gasteiger partial charge in [0.2, 0.25) is 23.6 Å². The maximum atomic E-state index is 13.3. The van der Waals surface area contributed by atoms with Gasteiger partial charge in [-0.3, -0.25) is 19.2 Å². The fourth-order valence-corrected chi connectivity index (χ4v) is 6.99. The van der Waals surface area contributed by atoms with Gasteiger partial charge < -0.3 is 59.5 Å². The number of fused-ring (bicyclic) bond motifs is 2. The van der Waals surface area contributed by atoms with Crippen LogP contribution in [-0.2, 0) is 32.0 Å². The number of nitrogens with two attached hydrogens (primary N) is 4. The van der Waals surface area contributed by atoms with Crippen molar-refractivity contribution in [3.05, 3.63) is 92.3 Å². The number of aromatic amines is 2. The van der Waals surface area contributed by atoms with Gasteiger partial charge in [0.25, 0.3) is 11.9 Å². The minimum atomic E-state index is -0.949. The molecule has 66 heavy (non-hydrogen) atoms.